The first-order valence-corrected chi connectivity index (χ1v) is 16.1. The number of anilines is 3. The van der Waals surface area contributed by atoms with E-state index in [0.29, 0.717) is 28.7 Å². The Kier molecular flexibility index (Phi) is 8.48. The summed E-state index contributed by atoms with van der Waals surface area (Å²) in [5.74, 6) is -0.0126. The molecule has 2 aliphatic heterocycles. The van der Waals surface area contributed by atoms with Crippen molar-refractivity contribution in [1.29, 1.82) is 0 Å². The van der Waals surface area contributed by atoms with Crippen molar-refractivity contribution in [3.8, 4) is 5.75 Å². The Hall–Kier alpha value is -5.73. The molecule has 0 unspecified atom stereocenters. The first-order valence-electron chi connectivity index (χ1n) is 15.7. The fourth-order valence-corrected chi connectivity index (χ4v) is 7.10. The Labute approximate surface area is 286 Å². The molecule has 2 aliphatic rings. The molecule has 2 heterocycles. The molecule has 5 aromatic carbocycles. The second kappa shape index (κ2) is 13.2. The van der Waals surface area contributed by atoms with Crippen LogP contribution in [0.5, 0.6) is 5.75 Å². The van der Waals surface area contributed by atoms with Gasteiger partial charge in [-0.3, -0.25) is 9.69 Å². The van der Waals surface area contributed by atoms with Gasteiger partial charge in [0.25, 0.3) is 0 Å². The number of esters is 1. The van der Waals surface area contributed by atoms with E-state index >= 15 is 0 Å². The van der Waals surface area contributed by atoms with E-state index in [9.17, 15) is 4.79 Å². The molecule has 5 aromatic rings. The lowest BCUT2D eigenvalue weighted by molar-refractivity contribution is -0.145. The number of hydrogen-bond donors (Lipinski definition) is 0. The molecular weight excluding hydrogens is 617 g/mol. The topological polar surface area (TPSA) is 57.6 Å². The van der Waals surface area contributed by atoms with Crippen LogP contribution >= 0.6 is 12.2 Å². The summed E-state index contributed by atoms with van der Waals surface area (Å²) in [7, 11) is 3.07. The molecule has 0 amide bonds. The van der Waals surface area contributed by atoms with Gasteiger partial charge < -0.3 is 14.4 Å². The van der Waals surface area contributed by atoms with Gasteiger partial charge in [-0.25, -0.2) is 5.01 Å². The number of amidine groups is 1. The first-order chi connectivity index (χ1) is 23.6. The standard InChI is InChI=1S/C40H34N4O3S/c1-46-34-26-24-32(25-27-34)43-37(30-17-9-4-10-18-30)41-44(33-21-13-6-14-22-33)40(43)36(38(45)47-2)35(28-23-29-15-7-3-8-16-29)42(39(40)48)31-19-11-5-12-20-31/h3-22,24-28,36H,23H2,1-2H3/b35-28+/t36-,40-/m0/s1. The molecule has 7 nitrogen and oxygen atoms in total. The molecule has 0 aliphatic carbocycles. The quantitative estimate of drug-likeness (QED) is 0.125. The van der Waals surface area contributed by atoms with Crippen molar-refractivity contribution in [3.05, 3.63) is 168 Å². The predicted octanol–water partition coefficient (Wildman–Crippen LogP) is 7.84. The zero-order valence-corrected chi connectivity index (χ0v) is 27.5. The molecule has 7 rings (SSSR count). The number of allylic oxidation sites excluding steroid dienone is 1. The molecule has 1 saturated heterocycles. The average molecular weight is 651 g/mol. The summed E-state index contributed by atoms with van der Waals surface area (Å²) in [6.07, 6.45) is 2.67. The fourth-order valence-electron chi connectivity index (χ4n) is 6.59. The fraction of sp³-hybridized carbons (Fsp3) is 0.125. The van der Waals surface area contributed by atoms with Gasteiger partial charge in [0.1, 0.15) is 16.7 Å². The molecule has 2 atom stereocenters. The Bertz CT molecular complexity index is 1970. The first kappa shape index (κ1) is 30.9. The maximum Gasteiger partial charge on any atom is 0.319 e. The summed E-state index contributed by atoms with van der Waals surface area (Å²) in [6.45, 7) is 0. The van der Waals surface area contributed by atoms with Crippen LogP contribution in [-0.2, 0) is 16.0 Å². The highest BCUT2D eigenvalue weighted by Crippen LogP contribution is 2.53. The third-order valence-corrected chi connectivity index (χ3v) is 9.23. The molecule has 0 saturated carbocycles. The zero-order chi connectivity index (χ0) is 33.1. The summed E-state index contributed by atoms with van der Waals surface area (Å²) < 4.78 is 11.2. The Balaban J connectivity index is 1.56. The number of carbonyl (C=O) groups is 1. The normalized spacial score (nSPS) is 19.6. The minimum atomic E-state index is -1.37. The maximum atomic E-state index is 14.5. The zero-order valence-electron chi connectivity index (χ0n) is 26.6. The van der Waals surface area contributed by atoms with Crippen molar-refractivity contribution in [2.45, 2.75) is 12.1 Å². The number of para-hydroxylation sites is 2. The number of carbonyl (C=O) groups excluding carboxylic acids is 1. The molecule has 0 aromatic heterocycles. The predicted molar refractivity (Wildman–Crippen MR) is 195 cm³/mol. The summed E-state index contributed by atoms with van der Waals surface area (Å²) in [5, 5.41) is 7.26. The van der Waals surface area contributed by atoms with E-state index in [1.165, 1.54) is 7.11 Å². The molecule has 0 N–H and O–H groups in total. The number of ether oxygens (including phenoxy) is 2. The monoisotopic (exact) mass is 650 g/mol. The molecule has 0 bridgehead atoms. The van der Waals surface area contributed by atoms with Crippen LogP contribution in [-0.4, -0.2) is 36.7 Å². The summed E-state index contributed by atoms with van der Waals surface area (Å²) in [6, 6.07) is 47.7. The molecule has 8 heteroatoms. The van der Waals surface area contributed by atoms with Crippen LogP contribution in [0.15, 0.2) is 162 Å². The highest BCUT2D eigenvalue weighted by Gasteiger charge is 2.69. The van der Waals surface area contributed by atoms with Gasteiger partial charge in [0.2, 0.25) is 5.66 Å². The molecule has 238 valence electrons. The van der Waals surface area contributed by atoms with Crippen molar-refractivity contribution in [3.63, 3.8) is 0 Å². The number of hydrogen-bond acceptors (Lipinski definition) is 7. The lowest BCUT2D eigenvalue weighted by atomic mass is 9.88. The van der Waals surface area contributed by atoms with E-state index < -0.39 is 17.6 Å². The number of rotatable bonds is 8. The van der Waals surface area contributed by atoms with Crippen LogP contribution in [0.25, 0.3) is 0 Å². The number of thiocarbonyl (C=S) groups is 1. The van der Waals surface area contributed by atoms with Crippen molar-refractivity contribution in [1.82, 2.24) is 0 Å². The van der Waals surface area contributed by atoms with Gasteiger partial charge in [-0.2, -0.15) is 5.10 Å². The smallest absolute Gasteiger partial charge is 0.319 e. The Morgan fingerprint density at radius 3 is 1.90 bits per heavy atom. The Morgan fingerprint density at radius 1 is 0.750 bits per heavy atom. The van der Waals surface area contributed by atoms with Crippen LogP contribution in [0.3, 0.4) is 0 Å². The average Bonchev–Trinajstić information content (AvgIpc) is 3.64. The molecule has 1 fully saturated rings. The van der Waals surface area contributed by atoms with E-state index in [0.717, 1.165) is 28.2 Å². The van der Waals surface area contributed by atoms with Gasteiger partial charge in [0.15, 0.2) is 5.84 Å². The van der Waals surface area contributed by atoms with Gasteiger partial charge in [0.05, 0.1) is 19.9 Å². The van der Waals surface area contributed by atoms with Gasteiger partial charge >= 0.3 is 5.97 Å². The highest BCUT2D eigenvalue weighted by atomic mass is 32.1. The largest absolute Gasteiger partial charge is 0.497 e. The van der Waals surface area contributed by atoms with Gasteiger partial charge in [0, 0.05) is 22.6 Å². The van der Waals surface area contributed by atoms with Gasteiger partial charge in [-0.15, -0.1) is 0 Å². The van der Waals surface area contributed by atoms with Crippen LogP contribution < -0.4 is 19.5 Å². The lowest BCUT2D eigenvalue weighted by Gasteiger charge is -2.44. The van der Waals surface area contributed by atoms with Crippen molar-refractivity contribution >= 4 is 46.1 Å². The van der Waals surface area contributed by atoms with Crippen LogP contribution in [0.4, 0.5) is 17.1 Å². The summed E-state index contributed by atoms with van der Waals surface area (Å²) in [5.41, 5.74) is 3.70. The third-order valence-electron chi connectivity index (χ3n) is 8.75. The number of benzene rings is 5. The van der Waals surface area contributed by atoms with Crippen LogP contribution in [0.2, 0.25) is 0 Å². The summed E-state index contributed by atoms with van der Waals surface area (Å²) in [4.78, 5) is 19.1. The van der Waals surface area contributed by atoms with Crippen LogP contribution in [0.1, 0.15) is 11.1 Å². The van der Waals surface area contributed by atoms with Gasteiger partial charge in [-0.1, -0.05) is 115 Å². The third kappa shape index (κ3) is 5.20. The molecular formula is C40H34N4O3S. The van der Waals surface area contributed by atoms with Crippen molar-refractivity contribution < 1.29 is 14.3 Å². The number of methoxy groups -OCH3 is 2. The van der Waals surface area contributed by atoms with E-state index in [4.69, 9.17) is 26.8 Å². The van der Waals surface area contributed by atoms with E-state index in [-0.39, 0.29) is 0 Å². The minimum absolute atomic E-state index is 0.431. The SMILES string of the molecule is COC(=O)[C@@H]1/C(=C\Cc2ccccc2)N(c2ccccc2)C(=S)[C@@]12N(c1ccccc1)N=C(c1ccccc1)N2c1ccc(OC)cc1. The van der Waals surface area contributed by atoms with E-state index in [1.807, 2.05) is 143 Å². The maximum absolute atomic E-state index is 14.5. The van der Waals surface area contributed by atoms with Crippen molar-refractivity contribution in [2.75, 3.05) is 29.0 Å². The minimum Gasteiger partial charge on any atom is -0.497 e. The van der Waals surface area contributed by atoms with Crippen LogP contribution in [0, 0.1) is 5.92 Å². The summed E-state index contributed by atoms with van der Waals surface area (Å²) >= 11 is 6.65. The molecule has 48 heavy (non-hydrogen) atoms. The van der Waals surface area contributed by atoms with Gasteiger partial charge in [-0.05, 0) is 60.5 Å². The highest BCUT2D eigenvalue weighted by molar-refractivity contribution is 7.81. The molecule has 0 radical (unpaired) electrons. The van der Waals surface area contributed by atoms with E-state index in [2.05, 4.69) is 23.1 Å². The second-order valence-electron chi connectivity index (χ2n) is 11.4. The molecule has 1 spiro atoms. The second-order valence-corrected chi connectivity index (χ2v) is 11.8. The Morgan fingerprint density at radius 2 is 1.31 bits per heavy atom. The number of hydrazone groups is 1. The van der Waals surface area contributed by atoms with Crippen molar-refractivity contribution in [2.24, 2.45) is 11.0 Å². The lowest BCUT2D eigenvalue weighted by Crippen LogP contribution is -2.65. The van der Waals surface area contributed by atoms with E-state index in [1.54, 1.807) is 7.11 Å². The number of nitrogens with zero attached hydrogens (tertiary/aromatic N) is 4.